The van der Waals surface area contributed by atoms with Gasteiger partial charge in [-0.3, -0.25) is 0 Å². The van der Waals surface area contributed by atoms with E-state index in [-0.39, 0.29) is 0 Å². The summed E-state index contributed by atoms with van der Waals surface area (Å²) in [6.45, 7) is 4.34. The Morgan fingerprint density at radius 1 is 1.04 bits per heavy atom. The van der Waals surface area contributed by atoms with Crippen LogP contribution in [-0.4, -0.2) is 4.98 Å². The van der Waals surface area contributed by atoms with Gasteiger partial charge in [-0.2, -0.15) is 0 Å². The lowest BCUT2D eigenvalue weighted by molar-refractivity contribution is 0.294. The van der Waals surface area contributed by atoms with Gasteiger partial charge in [-0.25, -0.2) is 4.98 Å². The molecule has 114 valence electrons. The van der Waals surface area contributed by atoms with E-state index in [0.29, 0.717) is 17.5 Å². The largest absolute Gasteiger partial charge is 0.473 e. The van der Waals surface area contributed by atoms with Gasteiger partial charge >= 0.3 is 0 Å². The third-order valence-corrected chi connectivity index (χ3v) is 3.75. The first-order valence-electron chi connectivity index (χ1n) is 7.31. The van der Waals surface area contributed by atoms with E-state index in [2.05, 4.69) is 11.6 Å². The van der Waals surface area contributed by atoms with Gasteiger partial charge in [0, 0.05) is 22.8 Å². The van der Waals surface area contributed by atoms with E-state index in [1.807, 2.05) is 66.7 Å². The van der Waals surface area contributed by atoms with Gasteiger partial charge in [0.15, 0.2) is 0 Å². The molecular weight excluding hydrogens is 306 g/mol. The molecule has 3 aromatic rings. The van der Waals surface area contributed by atoms with Gasteiger partial charge in [0.1, 0.15) is 6.61 Å². The van der Waals surface area contributed by atoms with Gasteiger partial charge < -0.3 is 4.74 Å². The lowest BCUT2D eigenvalue weighted by Crippen LogP contribution is -1.97. The first-order chi connectivity index (χ1) is 11.3. The second-order valence-electron chi connectivity index (χ2n) is 5.10. The smallest absolute Gasteiger partial charge is 0.213 e. The van der Waals surface area contributed by atoms with Crippen LogP contribution in [0, 0.1) is 0 Å². The first kappa shape index (κ1) is 15.3. The Balaban J connectivity index is 1.77. The maximum atomic E-state index is 6.09. The van der Waals surface area contributed by atoms with Crippen LogP contribution in [0.3, 0.4) is 0 Å². The van der Waals surface area contributed by atoms with Crippen LogP contribution >= 0.6 is 11.6 Å². The van der Waals surface area contributed by atoms with Gasteiger partial charge in [0.25, 0.3) is 0 Å². The lowest BCUT2D eigenvalue weighted by Gasteiger charge is -2.09. The van der Waals surface area contributed by atoms with E-state index in [9.17, 15) is 0 Å². The molecule has 0 radical (unpaired) electrons. The molecule has 0 fully saturated rings. The van der Waals surface area contributed by atoms with Gasteiger partial charge in [-0.05, 0) is 34.9 Å². The van der Waals surface area contributed by atoms with Crippen molar-refractivity contribution in [2.24, 2.45) is 0 Å². The highest BCUT2D eigenvalue weighted by Gasteiger charge is 2.05. The molecule has 0 saturated heterocycles. The number of benzene rings is 2. The second-order valence-corrected chi connectivity index (χ2v) is 5.53. The van der Waals surface area contributed by atoms with Crippen LogP contribution < -0.4 is 4.74 Å². The number of hydrogen-bond donors (Lipinski definition) is 0. The van der Waals surface area contributed by atoms with Gasteiger partial charge in [0.05, 0.1) is 0 Å². The third kappa shape index (κ3) is 3.79. The third-order valence-electron chi connectivity index (χ3n) is 3.51. The van der Waals surface area contributed by atoms with E-state index in [4.69, 9.17) is 16.3 Å². The molecule has 0 bridgehead atoms. The Morgan fingerprint density at radius 3 is 2.57 bits per heavy atom. The van der Waals surface area contributed by atoms with Crippen LogP contribution in [0.2, 0.25) is 5.02 Å². The normalized spacial score (nSPS) is 10.3. The molecule has 0 aliphatic heterocycles. The van der Waals surface area contributed by atoms with Crippen molar-refractivity contribution in [1.29, 1.82) is 0 Å². The van der Waals surface area contributed by atoms with E-state index in [1.165, 1.54) is 0 Å². The highest BCUT2D eigenvalue weighted by Crippen LogP contribution is 2.28. The average Bonchev–Trinajstić information content (AvgIpc) is 2.61. The number of pyridine rings is 1. The molecule has 0 unspecified atom stereocenters. The molecule has 3 rings (SSSR count). The minimum Gasteiger partial charge on any atom is -0.473 e. The monoisotopic (exact) mass is 321 g/mol. The van der Waals surface area contributed by atoms with Gasteiger partial charge in [-0.1, -0.05) is 60.7 Å². The molecular formula is C20H16ClNO. The van der Waals surface area contributed by atoms with E-state index in [1.54, 1.807) is 6.20 Å². The van der Waals surface area contributed by atoms with Crippen molar-refractivity contribution in [3.63, 3.8) is 0 Å². The first-order valence-corrected chi connectivity index (χ1v) is 7.69. The summed E-state index contributed by atoms with van der Waals surface area (Å²) in [4.78, 5) is 4.38. The summed E-state index contributed by atoms with van der Waals surface area (Å²) < 4.78 is 5.71. The van der Waals surface area contributed by atoms with Crippen molar-refractivity contribution in [1.82, 2.24) is 4.98 Å². The molecule has 3 heteroatoms. The summed E-state index contributed by atoms with van der Waals surface area (Å²) in [7, 11) is 0. The molecule has 1 heterocycles. The quantitative estimate of drug-likeness (QED) is 0.608. The van der Waals surface area contributed by atoms with Crippen LogP contribution in [0.1, 0.15) is 11.1 Å². The van der Waals surface area contributed by atoms with Crippen LogP contribution in [0.5, 0.6) is 5.88 Å². The molecule has 0 amide bonds. The SMILES string of the molecule is C=Cc1ccc(Cl)cc1-c1ccc(OCc2ccccc2)nc1. The van der Waals surface area contributed by atoms with Crippen molar-refractivity contribution in [2.45, 2.75) is 6.61 Å². The maximum absolute atomic E-state index is 6.09. The van der Waals surface area contributed by atoms with Crippen LogP contribution in [-0.2, 0) is 6.61 Å². The number of halogens is 1. The number of ether oxygens (including phenoxy) is 1. The summed E-state index contributed by atoms with van der Waals surface area (Å²) in [6, 6.07) is 19.6. The van der Waals surface area contributed by atoms with Gasteiger partial charge in [0.2, 0.25) is 5.88 Å². The second kappa shape index (κ2) is 7.12. The zero-order valence-corrected chi connectivity index (χ0v) is 13.3. The predicted octanol–water partition coefficient (Wildman–Crippen LogP) is 5.62. The maximum Gasteiger partial charge on any atom is 0.213 e. The fourth-order valence-corrected chi connectivity index (χ4v) is 2.49. The molecule has 2 nitrogen and oxygen atoms in total. The Hall–Kier alpha value is -2.58. The molecule has 0 atom stereocenters. The van der Waals surface area contributed by atoms with E-state index < -0.39 is 0 Å². The Labute approximate surface area is 141 Å². The standard InChI is InChI=1S/C20H16ClNO/c1-2-16-8-10-18(21)12-19(16)17-9-11-20(22-13-17)23-14-15-6-4-3-5-7-15/h2-13H,1,14H2. The van der Waals surface area contributed by atoms with Crippen molar-refractivity contribution < 1.29 is 4.74 Å². The minimum absolute atomic E-state index is 0.502. The van der Waals surface area contributed by atoms with Crippen molar-refractivity contribution >= 4 is 17.7 Å². The summed E-state index contributed by atoms with van der Waals surface area (Å²) in [6.07, 6.45) is 3.60. The summed E-state index contributed by atoms with van der Waals surface area (Å²) in [5.41, 5.74) is 4.13. The Kier molecular flexibility index (Phi) is 4.74. The molecule has 1 aromatic heterocycles. The van der Waals surface area contributed by atoms with Crippen molar-refractivity contribution in [3.8, 4) is 17.0 Å². The zero-order chi connectivity index (χ0) is 16.1. The van der Waals surface area contributed by atoms with Crippen molar-refractivity contribution in [2.75, 3.05) is 0 Å². The molecule has 23 heavy (non-hydrogen) atoms. The topological polar surface area (TPSA) is 22.1 Å². The predicted molar refractivity (Wildman–Crippen MR) is 95.5 cm³/mol. The van der Waals surface area contributed by atoms with E-state index in [0.717, 1.165) is 22.3 Å². The summed E-state index contributed by atoms with van der Waals surface area (Å²) in [5, 5.41) is 0.690. The highest BCUT2D eigenvalue weighted by atomic mass is 35.5. The lowest BCUT2D eigenvalue weighted by atomic mass is 10.0. The highest BCUT2D eigenvalue weighted by molar-refractivity contribution is 6.31. The fraction of sp³-hybridized carbons (Fsp3) is 0.0500. The molecule has 0 N–H and O–H groups in total. The molecule has 0 saturated carbocycles. The van der Waals surface area contributed by atoms with Crippen molar-refractivity contribution in [3.05, 3.63) is 89.6 Å². The Morgan fingerprint density at radius 2 is 1.87 bits per heavy atom. The number of rotatable bonds is 5. The van der Waals surface area contributed by atoms with E-state index >= 15 is 0 Å². The van der Waals surface area contributed by atoms with Gasteiger partial charge in [-0.15, -0.1) is 0 Å². The van der Waals surface area contributed by atoms with Crippen LogP contribution in [0.15, 0.2) is 73.4 Å². The van der Waals surface area contributed by atoms with Crippen LogP contribution in [0.4, 0.5) is 0 Å². The average molecular weight is 322 g/mol. The zero-order valence-electron chi connectivity index (χ0n) is 12.6. The number of aromatic nitrogens is 1. The fourth-order valence-electron chi connectivity index (χ4n) is 2.31. The Bertz CT molecular complexity index is 798. The molecule has 0 aliphatic rings. The summed E-state index contributed by atoms with van der Waals surface area (Å²) in [5.74, 6) is 0.597. The molecule has 0 spiro atoms. The number of hydrogen-bond acceptors (Lipinski definition) is 2. The molecule has 0 aliphatic carbocycles. The number of nitrogens with zero attached hydrogens (tertiary/aromatic N) is 1. The minimum atomic E-state index is 0.502. The molecule has 2 aromatic carbocycles. The van der Waals surface area contributed by atoms with Crippen LogP contribution in [0.25, 0.3) is 17.2 Å². The summed E-state index contributed by atoms with van der Waals surface area (Å²) >= 11 is 6.09.